The maximum atomic E-state index is 12.3. The number of hydrogen-bond donors (Lipinski definition) is 2. The lowest BCUT2D eigenvalue weighted by Gasteiger charge is -2.30. The van der Waals surface area contributed by atoms with E-state index in [1.54, 1.807) is 0 Å². The fourth-order valence-electron chi connectivity index (χ4n) is 3.17. The molecule has 2 heterocycles. The second-order valence-corrected chi connectivity index (χ2v) is 7.19. The number of nitrogens with one attached hydrogen (secondary N) is 2. The van der Waals surface area contributed by atoms with Gasteiger partial charge in [-0.3, -0.25) is 4.79 Å². The molecule has 1 unspecified atom stereocenters. The first-order chi connectivity index (χ1) is 10.8. The van der Waals surface area contributed by atoms with Gasteiger partial charge in [0.15, 0.2) is 0 Å². The van der Waals surface area contributed by atoms with Gasteiger partial charge in [-0.05, 0) is 31.4 Å². The Labute approximate surface area is 161 Å². The summed E-state index contributed by atoms with van der Waals surface area (Å²) < 4.78 is 0. The molecule has 1 aromatic carbocycles. The summed E-state index contributed by atoms with van der Waals surface area (Å²) in [5.74, 6) is 2.29. The molecule has 4 nitrogen and oxygen atoms in total. The molecule has 2 N–H and O–H groups in total. The molecule has 24 heavy (non-hydrogen) atoms. The second-order valence-electron chi connectivity index (χ2n) is 6.04. The molecule has 1 aromatic rings. The summed E-state index contributed by atoms with van der Waals surface area (Å²) in [6.07, 6.45) is 4.36. The maximum Gasteiger partial charge on any atom is 0.226 e. The van der Waals surface area contributed by atoms with Crippen molar-refractivity contribution in [1.82, 2.24) is 5.32 Å². The topological polar surface area (TPSA) is 44.4 Å². The van der Waals surface area contributed by atoms with Gasteiger partial charge >= 0.3 is 0 Å². The summed E-state index contributed by atoms with van der Waals surface area (Å²) >= 11 is 1.93. The number of thioether (sulfide) groups is 1. The fourth-order valence-corrected chi connectivity index (χ4v) is 4.11. The zero-order valence-corrected chi connectivity index (χ0v) is 16.3. The van der Waals surface area contributed by atoms with E-state index in [0.717, 1.165) is 36.8 Å². The molecule has 2 saturated heterocycles. The molecule has 0 bridgehead atoms. The summed E-state index contributed by atoms with van der Waals surface area (Å²) in [5.41, 5.74) is 2.12. The minimum Gasteiger partial charge on any atom is -0.370 e. The highest BCUT2D eigenvalue weighted by molar-refractivity contribution is 7.99. The van der Waals surface area contributed by atoms with Crippen LogP contribution in [0.4, 0.5) is 11.4 Å². The van der Waals surface area contributed by atoms with Crippen molar-refractivity contribution in [2.24, 2.45) is 0 Å². The number of hydrogen-bond acceptors (Lipinski definition) is 4. The second kappa shape index (κ2) is 11.1. The van der Waals surface area contributed by atoms with Crippen molar-refractivity contribution in [2.45, 2.75) is 31.7 Å². The molecule has 7 heteroatoms. The Morgan fingerprint density at radius 2 is 1.96 bits per heavy atom. The van der Waals surface area contributed by atoms with Crippen LogP contribution in [-0.4, -0.2) is 43.1 Å². The molecule has 0 spiro atoms. The molecule has 1 atom stereocenters. The quantitative estimate of drug-likeness (QED) is 0.823. The minimum atomic E-state index is 0. The van der Waals surface area contributed by atoms with E-state index in [1.165, 1.54) is 24.9 Å². The molecule has 0 aromatic heterocycles. The molecule has 0 saturated carbocycles. The van der Waals surface area contributed by atoms with E-state index in [9.17, 15) is 4.79 Å². The predicted molar refractivity (Wildman–Crippen MR) is 109 cm³/mol. The first-order valence-electron chi connectivity index (χ1n) is 8.28. The molecule has 0 aliphatic carbocycles. The van der Waals surface area contributed by atoms with Gasteiger partial charge in [0.1, 0.15) is 0 Å². The van der Waals surface area contributed by atoms with Crippen molar-refractivity contribution in [3.05, 3.63) is 24.3 Å². The minimum absolute atomic E-state index is 0. The van der Waals surface area contributed by atoms with Crippen LogP contribution < -0.4 is 15.5 Å². The van der Waals surface area contributed by atoms with Crippen LogP contribution in [0.2, 0.25) is 0 Å². The van der Waals surface area contributed by atoms with Crippen LogP contribution in [0.15, 0.2) is 24.3 Å². The average Bonchev–Trinajstić information content (AvgIpc) is 2.57. The average molecular weight is 392 g/mol. The first kappa shape index (κ1) is 21.4. The standard InChI is InChI=1S/C17H25N3OS.2ClH/c21-17(12-14-13-22-11-8-18-14)19-15-6-2-3-7-16(15)20-9-4-1-5-10-20;;/h2-3,6-7,14,18H,1,4-5,8-13H2,(H,19,21);2*1H. The lowest BCUT2D eigenvalue weighted by molar-refractivity contribution is -0.116. The molecule has 136 valence electrons. The van der Waals surface area contributed by atoms with Gasteiger partial charge in [0, 0.05) is 43.6 Å². The normalized spacial score (nSPS) is 20.5. The third-order valence-electron chi connectivity index (χ3n) is 4.31. The number of benzene rings is 1. The third kappa shape index (κ3) is 6.03. The van der Waals surface area contributed by atoms with E-state index < -0.39 is 0 Å². The van der Waals surface area contributed by atoms with Crippen molar-refractivity contribution >= 4 is 53.9 Å². The van der Waals surface area contributed by atoms with Crippen LogP contribution in [0.5, 0.6) is 0 Å². The van der Waals surface area contributed by atoms with E-state index in [4.69, 9.17) is 0 Å². The zero-order chi connectivity index (χ0) is 15.2. The van der Waals surface area contributed by atoms with Crippen molar-refractivity contribution in [3.8, 4) is 0 Å². The number of amides is 1. The zero-order valence-electron chi connectivity index (χ0n) is 13.8. The van der Waals surface area contributed by atoms with Gasteiger partial charge < -0.3 is 15.5 Å². The highest BCUT2D eigenvalue weighted by Gasteiger charge is 2.19. The Morgan fingerprint density at radius 1 is 1.21 bits per heavy atom. The van der Waals surface area contributed by atoms with Crippen LogP contribution in [-0.2, 0) is 4.79 Å². The summed E-state index contributed by atoms with van der Waals surface area (Å²) in [6, 6.07) is 8.50. The number of nitrogens with zero attached hydrogens (tertiary/aromatic N) is 1. The van der Waals surface area contributed by atoms with Crippen molar-refractivity contribution in [3.63, 3.8) is 0 Å². The van der Waals surface area contributed by atoms with Crippen molar-refractivity contribution in [2.75, 3.05) is 41.4 Å². The number of carbonyl (C=O) groups excluding carboxylic acids is 1. The lowest BCUT2D eigenvalue weighted by Crippen LogP contribution is -2.40. The first-order valence-corrected chi connectivity index (χ1v) is 9.43. The molecular formula is C17H27Cl2N3OS. The number of rotatable bonds is 4. The highest BCUT2D eigenvalue weighted by Crippen LogP contribution is 2.28. The van der Waals surface area contributed by atoms with E-state index in [-0.39, 0.29) is 30.7 Å². The largest absolute Gasteiger partial charge is 0.370 e. The Hall–Kier alpha value is -0.620. The molecule has 2 aliphatic rings. The Morgan fingerprint density at radius 3 is 2.67 bits per heavy atom. The fraction of sp³-hybridized carbons (Fsp3) is 0.588. The van der Waals surface area contributed by atoms with Gasteiger partial charge in [0.25, 0.3) is 0 Å². The summed E-state index contributed by atoms with van der Waals surface area (Å²) in [7, 11) is 0. The summed E-state index contributed by atoms with van der Waals surface area (Å²) in [5, 5.41) is 6.55. The SMILES string of the molecule is Cl.Cl.O=C(CC1CSCCN1)Nc1ccccc1N1CCCCC1. The lowest BCUT2D eigenvalue weighted by atomic mass is 10.1. The van der Waals surface area contributed by atoms with Crippen LogP contribution in [0, 0.1) is 0 Å². The molecular weight excluding hydrogens is 365 g/mol. The van der Waals surface area contributed by atoms with Gasteiger partial charge in [0.2, 0.25) is 5.91 Å². The van der Waals surface area contributed by atoms with E-state index >= 15 is 0 Å². The molecule has 3 rings (SSSR count). The Kier molecular flexibility index (Phi) is 9.89. The third-order valence-corrected chi connectivity index (χ3v) is 5.44. The monoisotopic (exact) mass is 391 g/mol. The molecule has 0 radical (unpaired) electrons. The van der Waals surface area contributed by atoms with Gasteiger partial charge in [-0.25, -0.2) is 0 Å². The Balaban J connectivity index is 0.00000144. The Bertz CT molecular complexity index is 506. The number of anilines is 2. The molecule has 2 fully saturated rings. The molecule has 2 aliphatic heterocycles. The number of carbonyl (C=O) groups is 1. The van der Waals surface area contributed by atoms with Crippen molar-refractivity contribution in [1.29, 1.82) is 0 Å². The van der Waals surface area contributed by atoms with Gasteiger partial charge in [-0.2, -0.15) is 11.8 Å². The van der Waals surface area contributed by atoms with E-state index in [0.29, 0.717) is 12.5 Å². The van der Waals surface area contributed by atoms with Gasteiger partial charge in [-0.15, -0.1) is 24.8 Å². The maximum absolute atomic E-state index is 12.3. The smallest absolute Gasteiger partial charge is 0.226 e. The van der Waals surface area contributed by atoms with Gasteiger partial charge in [0.05, 0.1) is 11.4 Å². The highest BCUT2D eigenvalue weighted by atomic mass is 35.5. The summed E-state index contributed by atoms with van der Waals surface area (Å²) in [6.45, 7) is 3.19. The van der Waals surface area contributed by atoms with Gasteiger partial charge in [-0.1, -0.05) is 12.1 Å². The van der Waals surface area contributed by atoms with Crippen LogP contribution in [0.1, 0.15) is 25.7 Å². The van der Waals surface area contributed by atoms with Crippen LogP contribution in [0.25, 0.3) is 0 Å². The number of halogens is 2. The van der Waals surface area contributed by atoms with E-state index in [1.807, 2.05) is 23.9 Å². The van der Waals surface area contributed by atoms with Crippen LogP contribution in [0.3, 0.4) is 0 Å². The number of para-hydroxylation sites is 2. The van der Waals surface area contributed by atoms with Crippen molar-refractivity contribution < 1.29 is 4.79 Å². The van der Waals surface area contributed by atoms with E-state index in [2.05, 4.69) is 27.7 Å². The van der Waals surface area contributed by atoms with Crippen LogP contribution >= 0.6 is 36.6 Å². The molecule has 1 amide bonds. The summed E-state index contributed by atoms with van der Waals surface area (Å²) in [4.78, 5) is 14.7. The number of piperidine rings is 1. The predicted octanol–water partition coefficient (Wildman–Crippen LogP) is 3.55.